The number of carbonyl (C=O) groups excluding carboxylic acids is 1. The summed E-state index contributed by atoms with van der Waals surface area (Å²) in [5.74, 6) is -0.313. The number of aliphatic hydroxyl groups is 2. The standard InChI is InChI=1S/C15H19N3O3S/c1-9-13(22-15(16-9)18-4-2-3-5-18)14(21)17-11-6-10(8-19)12(20)7-11/h2-5,10-12,19-20H,6-8H2,1H3,(H,17,21)/t10-,11+,12+/m0/s1. The van der Waals surface area contributed by atoms with Gasteiger partial charge in [-0.3, -0.25) is 4.79 Å². The van der Waals surface area contributed by atoms with E-state index in [0.29, 0.717) is 23.4 Å². The number of rotatable bonds is 4. The van der Waals surface area contributed by atoms with Crippen molar-refractivity contribution < 1.29 is 15.0 Å². The molecule has 0 radical (unpaired) electrons. The third-order valence-electron chi connectivity index (χ3n) is 4.04. The van der Waals surface area contributed by atoms with Gasteiger partial charge in [0.05, 0.1) is 11.8 Å². The van der Waals surface area contributed by atoms with Gasteiger partial charge in [-0.1, -0.05) is 11.3 Å². The Morgan fingerprint density at radius 1 is 1.45 bits per heavy atom. The van der Waals surface area contributed by atoms with Crippen molar-refractivity contribution in [1.29, 1.82) is 0 Å². The van der Waals surface area contributed by atoms with Gasteiger partial charge in [0.2, 0.25) is 0 Å². The van der Waals surface area contributed by atoms with Crippen LogP contribution in [0.25, 0.3) is 5.13 Å². The third kappa shape index (κ3) is 2.92. The maximum absolute atomic E-state index is 12.4. The number of aryl methyl sites for hydroxylation is 1. The molecule has 0 unspecified atom stereocenters. The monoisotopic (exact) mass is 321 g/mol. The SMILES string of the molecule is Cc1nc(-n2cccc2)sc1C(=O)N[C@@H]1C[C@@H](CO)[C@H](O)C1. The quantitative estimate of drug-likeness (QED) is 0.787. The summed E-state index contributed by atoms with van der Waals surface area (Å²) < 4.78 is 1.87. The van der Waals surface area contributed by atoms with Crippen LogP contribution in [-0.2, 0) is 0 Å². The molecule has 1 fully saturated rings. The molecule has 1 aliphatic rings. The number of hydrogen-bond donors (Lipinski definition) is 3. The van der Waals surface area contributed by atoms with Crippen LogP contribution in [-0.4, -0.2) is 44.4 Å². The molecule has 22 heavy (non-hydrogen) atoms. The zero-order chi connectivity index (χ0) is 15.7. The molecule has 118 valence electrons. The lowest BCUT2D eigenvalue weighted by Gasteiger charge is -2.11. The molecule has 7 heteroatoms. The van der Waals surface area contributed by atoms with E-state index in [4.69, 9.17) is 0 Å². The number of aromatic nitrogens is 2. The third-order valence-corrected chi connectivity index (χ3v) is 5.21. The summed E-state index contributed by atoms with van der Waals surface area (Å²) in [4.78, 5) is 17.4. The number of aliphatic hydroxyl groups excluding tert-OH is 2. The number of nitrogens with zero attached hydrogens (tertiary/aromatic N) is 2. The lowest BCUT2D eigenvalue weighted by atomic mass is 10.1. The van der Waals surface area contributed by atoms with Crippen molar-refractivity contribution >= 4 is 17.2 Å². The molecular weight excluding hydrogens is 302 g/mol. The summed E-state index contributed by atoms with van der Waals surface area (Å²) in [7, 11) is 0. The molecule has 3 N–H and O–H groups in total. The van der Waals surface area contributed by atoms with Gasteiger partial charge in [-0.2, -0.15) is 0 Å². The Labute approximate surface area is 132 Å². The van der Waals surface area contributed by atoms with Gasteiger partial charge in [-0.25, -0.2) is 4.98 Å². The van der Waals surface area contributed by atoms with Crippen LogP contribution in [0.15, 0.2) is 24.5 Å². The van der Waals surface area contributed by atoms with Gasteiger partial charge in [-0.15, -0.1) is 0 Å². The van der Waals surface area contributed by atoms with Gasteiger partial charge in [0.15, 0.2) is 5.13 Å². The lowest BCUT2D eigenvalue weighted by molar-refractivity contribution is 0.0904. The van der Waals surface area contributed by atoms with Crippen LogP contribution in [0.3, 0.4) is 0 Å². The highest BCUT2D eigenvalue weighted by Crippen LogP contribution is 2.27. The zero-order valence-electron chi connectivity index (χ0n) is 12.3. The average molecular weight is 321 g/mol. The molecule has 3 atom stereocenters. The minimum atomic E-state index is -0.548. The largest absolute Gasteiger partial charge is 0.396 e. The molecule has 2 aromatic rings. The molecule has 1 amide bonds. The number of amides is 1. The van der Waals surface area contributed by atoms with Crippen LogP contribution in [0.1, 0.15) is 28.2 Å². The maximum Gasteiger partial charge on any atom is 0.263 e. The highest BCUT2D eigenvalue weighted by Gasteiger charge is 2.33. The molecule has 2 heterocycles. The lowest BCUT2D eigenvalue weighted by Crippen LogP contribution is -2.33. The molecule has 0 aliphatic heterocycles. The Hall–Kier alpha value is -1.70. The molecule has 2 aromatic heterocycles. The molecule has 0 saturated heterocycles. The second-order valence-electron chi connectivity index (χ2n) is 5.65. The summed E-state index contributed by atoms with van der Waals surface area (Å²) in [6.07, 6.45) is 4.32. The van der Waals surface area contributed by atoms with Gasteiger partial charge in [-0.05, 0) is 31.9 Å². The summed E-state index contributed by atoms with van der Waals surface area (Å²) in [5, 5.41) is 22.7. The molecule has 0 aromatic carbocycles. The van der Waals surface area contributed by atoms with E-state index >= 15 is 0 Å². The van der Waals surface area contributed by atoms with Crippen LogP contribution >= 0.6 is 11.3 Å². The van der Waals surface area contributed by atoms with E-state index in [-0.39, 0.29) is 24.5 Å². The summed E-state index contributed by atoms with van der Waals surface area (Å²) in [5.41, 5.74) is 0.698. The second-order valence-corrected chi connectivity index (χ2v) is 6.63. The summed E-state index contributed by atoms with van der Waals surface area (Å²) in [6, 6.07) is 3.72. The van der Waals surface area contributed by atoms with Gasteiger partial charge in [0.25, 0.3) is 5.91 Å². The Morgan fingerprint density at radius 3 is 2.82 bits per heavy atom. The Kier molecular flexibility index (Phi) is 4.28. The van der Waals surface area contributed by atoms with E-state index in [9.17, 15) is 15.0 Å². The minimum absolute atomic E-state index is 0.0507. The van der Waals surface area contributed by atoms with E-state index < -0.39 is 6.10 Å². The molecular formula is C15H19N3O3S. The van der Waals surface area contributed by atoms with Gasteiger partial charge >= 0.3 is 0 Å². The highest BCUT2D eigenvalue weighted by atomic mass is 32.1. The second kappa shape index (κ2) is 6.20. The first-order valence-corrected chi connectivity index (χ1v) is 8.10. The fourth-order valence-electron chi connectivity index (χ4n) is 2.83. The Morgan fingerprint density at radius 2 is 2.18 bits per heavy atom. The predicted octanol–water partition coefficient (Wildman–Crippen LogP) is 1.10. The van der Waals surface area contributed by atoms with Gasteiger partial charge in [0, 0.05) is 31.0 Å². The average Bonchev–Trinajstić information content (AvgIpc) is 3.18. The van der Waals surface area contributed by atoms with Crippen LogP contribution in [0.5, 0.6) is 0 Å². The molecule has 1 aliphatic carbocycles. The predicted molar refractivity (Wildman–Crippen MR) is 83.2 cm³/mol. The molecule has 0 spiro atoms. The van der Waals surface area contributed by atoms with Crippen LogP contribution in [0.2, 0.25) is 0 Å². The molecule has 0 bridgehead atoms. The van der Waals surface area contributed by atoms with Crippen molar-refractivity contribution in [2.45, 2.75) is 31.9 Å². The molecule has 6 nitrogen and oxygen atoms in total. The zero-order valence-corrected chi connectivity index (χ0v) is 13.1. The van der Waals surface area contributed by atoms with E-state index in [0.717, 1.165) is 5.13 Å². The smallest absolute Gasteiger partial charge is 0.263 e. The number of hydrogen-bond acceptors (Lipinski definition) is 5. The van der Waals surface area contributed by atoms with Gasteiger partial charge < -0.3 is 20.1 Å². The van der Waals surface area contributed by atoms with E-state index in [1.807, 2.05) is 36.0 Å². The van der Waals surface area contributed by atoms with Crippen molar-refractivity contribution in [2.75, 3.05) is 6.61 Å². The number of thiazole rings is 1. The van der Waals surface area contributed by atoms with E-state index in [2.05, 4.69) is 10.3 Å². The van der Waals surface area contributed by atoms with Crippen molar-refractivity contribution in [3.8, 4) is 5.13 Å². The fourth-order valence-corrected chi connectivity index (χ4v) is 3.77. The summed E-state index contributed by atoms with van der Waals surface area (Å²) >= 11 is 1.34. The Bertz CT molecular complexity index is 653. The fraction of sp³-hybridized carbons (Fsp3) is 0.467. The topological polar surface area (TPSA) is 87.4 Å². The van der Waals surface area contributed by atoms with Crippen LogP contribution in [0.4, 0.5) is 0 Å². The summed E-state index contributed by atoms with van der Waals surface area (Å²) in [6.45, 7) is 1.77. The number of carbonyl (C=O) groups is 1. The normalized spacial score (nSPS) is 24.6. The van der Waals surface area contributed by atoms with Crippen molar-refractivity contribution in [3.63, 3.8) is 0 Å². The van der Waals surface area contributed by atoms with Crippen molar-refractivity contribution in [3.05, 3.63) is 35.1 Å². The first-order valence-electron chi connectivity index (χ1n) is 7.29. The molecule has 1 saturated carbocycles. The maximum atomic E-state index is 12.4. The van der Waals surface area contributed by atoms with E-state index in [1.165, 1.54) is 11.3 Å². The first-order chi connectivity index (χ1) is 10.6. The van der Waals surface area contributed by atoms with Crippen LogP contribution < -0.4 is 5.32 Å². The number of nitrogens with one attached hydrogen (secondary N) is 1. The van der Waals surface area contributed by atoms with Crippen molar-refractivity contribution in [1.82, 2.24) is 14.9 Å². The highest BCUT2D eigenvalue weighted by molar-refractivity contribution is 7.16. The van der Waals surface area contributed by atoms with E-state index in [1.54, 1.807) is 0 Å². The van der Waals surface area contributed by atoms with Crippen molar-refractivity contribution in [2.24, 2.45) is 5.92 Å². The minimum Gasteiger partial charge on any atom is -0.396 e. The van der Waals surface area contributed by atoms with Crippen LogP contribution in [0, 0.1) is 12.8 Å². The van der Waals surface area contributed by atoms with Gasteiger partial charge in [0.1, 0.15) is 4.88 Å². The first kappa shape index (κ1) is 15.2. The Balaban J connectivity index is 1.71. The molecule has 3 rings (SSSR count).